The summed E-state index contributed by atoms with van der Waals surface area (Å²) in [7, 11) is 0. The summed E-state index contributed by atoms with van der Waals surface area (Å²) < 4.78 is 0. The molecule has 96 valence electrons. The van der Waals surface area contributed by atoms with Gasteiger partial charge in [0.1, 0.15) is 0 Å². The van der Waals surface area contributed by atoms with Gasteiger partial charge in [-0.1, -0.05) is 6.92 Å². The molecule has 0 saturated carbocycles. The molecule has 16 heavy (non-hydrogen) atoms. The zero-order chi connectivity index (χ0) is 11.3. The van der Waals surface area contributed by atoms with Crippen LogP contribution in [-0.2, 0) is 4.79 Å². The number of amides is 1. The molecule has 0 bridgehead atoms. The van der Waals surface area contributed by atoms with Crippen LogP contribution in [0, 0.1) is 0 Å². The number of nitrogens with one attached hydrogen (secondary N) is 1. The van der Waals surface area contributed by atoms with Crippen LogP contribution in [0.15, 0.2) is 0 Å². The number of piperazine rings is 1. The Morgan fingerprint density at radius 3 is 2.81 bits per heavy atom. The van der Waals surface area contributed by atoms with E-state index in [1.807, 2.05) is 4.90 Å². The number of hydrogen-bond donors (Lipinski definition) is 1. The Hall–Kier alpha value is 0.0700. The molecule has 5 heteroatoms. The van der Waals surface area contributed by atoms with E-state index in [1.54, 1.807) is 11.8 Å². The van der Waals surface area contributed by atoms with Crippen LogP contribution in [0.3, 0.4) is 0 Å². The summed E-state index contributed by atoms with van der Waals surface area (Å²) in [5, 5.41) is 3.38. The molecule has 0 aromatic carbocycles. The third kappa shape index (κ3) is 4.93. The van der Waals surface area contributed by atoms with Crippen molar-refractivity contribution in [2.75, 3.05) is 24.6 Å². The topological polar surface area (TPSA) is 32.3 Å². The van der Waals surface area contributed by atoms with Crippen LogP contribution < -0.4 is 5.32 Å². The van der Waals surface area contributed by atoms with Gasteiger partial charge in [-0.05, 0) is 26.0 Å². The molecular weight excluding hydrogens is 244 g/mol. The molecule has 1 N–H and O–H groups in total. The number of halogens is 1. The molecule has 1 rings (SSSR count). The van der Waals surface area contributed by atoms with Gasteiger partial charge in [0.05, 0.1) is 5.75 Å². The van der Waals surface area contributed by atoms with Gasteiger partial charge in [0.25, 0.3) is 0 Å². The molecule has 0 aromatic rings. The highest BCUT2D eigenvalue weighted by Crippen LogP contribution is 2.10. The summed E-state index contributed by atoms with van der Waals surface area (Å²) in [6.45, 7) is 8.16. The predicted molar refractivity (Wildman–Crippen MR) is 73.5 cm³/mol. The van der Waals surface area contributed by atoms with Gasteiger partial charge < -0.3 is 10.2 Å². The van der Waals surface area contributed by atoms with Gasteiger partial charge in [-0.2, -0.15) is 11.8 Å². The molecule has 1 heterocycles. The maximum Gasteiger partial charge on any atom is 0.232 e. The summed E-state index contributed by atoms with van der Waals surface area (Å²) in [5.74, 6) is 2.03. The van der Waals surface area contributed by atoms with Crippen LogP contribution in [0.5, 0.6) is 0 Å². The Labute approximate surface area is 109 Å². The molecule has 2 unspecified atom stereocenters. The van der Waals surface area contributed by atoms with E-state index in [1.165, 1.54) is 0 Å². The zero-order valence-corrected chi connectivity index (χ0v) is 12.0. The molecule has 0 spiro atoms. The van der Waals surface area contributed by atoms with E-state index in [4.69, 9.17) is 0 Å². The van der Waals surface area contributed by atoms with Gasteiger partial charge in [0, 0.05) is 25.2 Å². The monoisotopic (exact) mass is 266 g/mol. The maximum atomic E-state index is 11.9. The fraction of sp³-hybridized carbons (Fsp3) is 0.909. The Kier molecular flexibility index (Phi) is 8.24. The van der Waals surface area contributed by atoms with Gasteiger partial charge in [-0.25, -0.2) is 0 Å². The predicted octanol–water partition coefficient (Wildman–Crippen LogP) is 1.76. The fourth-order valence-corrected chi connectivity index (χ4v) is 2.53. The highest BCUT2D eigenvalue weighted by atomic mass is 35.5. The van der Waals surface area contributed by atoms with E-state index < -0.39 is 0 Å². The lowest BCUT2D eigenvalue weighted by molar-refractivity contribution is -0.131. The van der Waals surface area contributed by atoms with E-state index in [9.17, 15) is 4.79 Å². The number of nitrogens with zero attached hydrogens (tertiary/aromatic N) is 1. The van der Waals surface area contributed by atoms with Crippen LogP contribution in [0.1, 0.15) is 27.2 Å². The van der Waals surface area contributed by atoms with E-state index >= 15 is 0 Å². The SMILES string of the molecule is CCCSCC(=O)N1CC(C)NCC1C.Cl. The van der Waals surface area contributed by atoms with Gasteiger partial charge >= 0.3 is 0 Å². The molecule has 0 aromatic heterocycles. The molecule has 1 aliphatic heterocycles. The lowest BCUT2D eigenvalue weighted by atomic mass is 10.1. The lowest BCUT2D eigenvalue weighted by Gasteiger charge is -2.37. The Morgan fingerprint density at radius 1 is 1.50 bits per heavy atom. The second-order valence-corrected chi connectivity index (χ2v) is 5.36. The third-order valence-electron chi connectivity index (χ3n) is 2.66. The molecule has 2 atom stereocenters. The van der Waals surface area contributed by atoms with E-state index in [-0.39, 0.29) is 12.4 Å². The van der Waals surface area contributed by atoms with Crippen molar-refractivity contribution in [1.29, 1.82) is 0 Å². The smallest absolute Gasteiger partial charge is 0.232 e. The van der Waals surface area contributed by atoms with Crippen LogP contribution in [-0.4, -0.2) is 47.5 Å². The van der Waals surface area contributed by atoms with Crippen molar-refractivity contribution in [1.82, 2.24) is 10.2 Å². The quantitative estimate of drug-likeness (QED) is 0.787. The number of rotatable bonds is 4. The summed E-state index contributed by atoms with van der Waals surface area (Å²) in [4.78, 5) is 13.9. The van der Waals surface area contributed by atoms with Crippen molar-refractivity contribution in [2.24, 2.45) is 0 Å². The van der Waals surface area contributed by atoms with E-state index in [0.29, 0.717) is 23.7 Å². The molecule has 1 aliphatic rings. The first-order valence-corrected chi connectivity index (χ1v) is 6.91. The summed E-state index contributed by atoms with van der Waals surface area (Å²) in [5.41, 5.74) is 0. The average Bonchev–Trinajstić information content (AvgIpc) is 2.22. The van der Waals surface area contributed by atoms with Gasteiger partial charge in [0.15, 0.2) is 0 Å². The average molecular weight is 267 g/mol. The lowest BCUT2D eigenvalue weighted by Crippen LogP contribution is -2.56. The summed E-state index contributed by atoms with van der Waals surface area (Å²) in [6.07, 6.45) is 1.14. The number of carbonyl (C=O) groups is 1. The first kappa shape index (κ1) is 16.1. The van der Waals surface area contributed by atoms with Crippen LogP contribution in [0.25, 0.3) is 0 Å². The normalized spacial score (nSPS) is 25.1. The standard InChI is InChI=1S/C11H22N2OS.ClH/c1-4-5-15-8-11(14)13-7-9(2)12-6-10(13)3;/h9-10,12H,4-8H2,1-3H3;1H. The Morgan fingerprint density at radius 2 is 2.19 bits per heavy atom. The summed E-state index contributed by atoms with van der Waals surface area (Å²) >= 11 is 1.75. The molecule has 3 nitrogen and oxygen atoms in total. The van der Waals surface area contributed by atoms with Gasteiger partial charge in [-0.3, -0.25) is 4.79 Å². The molecule has 1 fully saturated rings. The van der Waals surface area contributed by atoms with Crippen LogP contribution in [0.4, 0.5) is 0 Å². The molecule has 0 radical (unpaired) electrons. The highest BCUT2D eigenvalue weighted by Gasteiger charge is 2.25. The van der Waals surface area contributed by atoms with Crippen molar-refractivity contribution in [3.05, 3.63) is 0 Å². The first-order chi connectivity index (χ1) is 7.15. The Bertz CT molecular complexity index is 216. The largest absolute Gasteiger partial charge is 0.336 e. The van der Waals surface area contributed by atoms with Crippen LogP contribution >= 0.6 is 24.2 Å². The van der Waals surface area contributed by atoms with E-state index in [0.717, 1.165) is 25.3 Å². The highest BCUT2D eigenvalue weighted by molar-refractivity contribution is 7.99. The van der Waals surface area contributed by atoms with Gasteiger partial charge in [-0.15, -0.1) is 12.4 Å². The molecule has 1 amide bonds. The van der Waals surface area contributed by atoms with Gasteiger partial charge in [0.2, 0.25) is 5.91 Å². The van der Waals surface area contributed by atoms with Crippen molar-refractivity contribution < 1.29 is 4.79 Å². The molecule has 0 aliphatic carbocycles. The van der Waals surface area contributed by atoms with Crippen molar-refractivity contribution in [3.63, 3.8) is 0 Å². The van der Waals surface area contributed by atoms with Crippen molar-refractivity contribution in [3.8, 4) is 0 Å². The second-order valence-electron chi connectivity index (χ2n) is 4.26. The number of thioether (sulfide) groups is 1. The number of hydrogen-bond acceptors (Lipinski definition) is 3. The molecular formula is C11H23ClN2OS. The minimum atomic E-state index is 0. The van der Waals surface area contributed by atoms with E-state index in [2.05, 4.69) is 26.1 Å². The second kappa shape index (κ2) is 8.20. The minimum Gasteiger partial charge on any atom is -0.336 e. The Balaban J connectivity index is 0.00000225. The summed E-state index contributed by atoms with van der Waals surface area (Å²) in [6, 6.07) is 0.775. The van der Waals surface area contributed by atoms with Crippen molar-refractivity contribution in [2.45, 2.75) is 39.3 Å². The fourth-order valence-electron chi connectivity index (χ4n) is 1.76. The van der Waals surface area contributed by atoms with Crippen LogP contribution in [0.2, 0.25) is 0 Å². The minimum absolute atomic E-state index is 0. The molecule has 1 saturated heterocycles. The number of carbonyl (C=O) groups excluding carboxylic acids is 1. The zero-order valence-electron chi connectivity index (χ0n) is 10.4. The maximum absolute atomic E-state index is 11.9. The third-order valence-corrected chi connectivity index (χ3v) is 3.81. The van der Waals surface area contributed by atoms with Crippen molar-refractivity contribution >= 4 is 30.1 Å². The first-order valence-electron chi connectivity index (χ1n) is 5.75.